The van der Waals surface area contributed by atoms with Gasteiger partial charge in [-0.25, -0.2) is 0 Å². The van der Waals surface area contributed by atoms with Crippen molar-refractivity contribution < 1.29 is 14.7 Å². The molecule has 0 saturated heterocycles. The van der Waals surface area contributed by atoms with E-state index in [1.54, 1.807) is 12.1 Å². The molecule has 1 rings (SSSR count). The normalized spacial score (nSPS) is 11.2. The molecule has 0 spiro atoms. The van der Waals surface area contributed by atoms with E-state index >= 15 is 0 Å². The van der Waals surface area contributed by atoms with Crippen LogP contribution in [0.2, 0.25) is 0 Å². The lowest BCUT2D eigenvalue weighted by Crippen LogP contribution is -2.49. The summed E-state index contributed by atoms with van der Waals surface area (Å²) in [6, 6.07) is 5.35. The van der Waals surface area contributed by atoms with Gasteiger partial charge in [0.2, 0.25) is 5.91 Å². The zero-order valence-corrected chi connectivity index (χ0v) is 13.6. The minimum Gasteiger partial charge on any atom is -0.480 e. The van der Waals surface area contributed by atoms with E-state index in [0.717, 1.165) is 8.95 Å². The number of carbonyl (C=O) groups excluding carboxylic acids is 1. The molecular formula is C12H14Br2N2O3. The van der Waals surface area contributed by atoms with Crippen molar-refractivity contribution in [2.45, 2.75) is 19.4 Å². The summed E-state index contributed by atoms with van der Waals surface area (Å²) in [5.41, 5.74) is -0.517. The van der Waals surface area contributed by atoms with Crippen LogP contribution in [-0.4, -0.2) is 29.1 Å². The Balaban J connectivity index is 2.59. The van der Waals surface area contributed by atoms with E-state index < -0.39 is 11.5 Å². The number of hydrogen-bond acceptors (Lipinski definition) is 3. The smallest absolute Gasteiger partial charge is 0.323 e. The molecule has 0 bridgehead atoms. The van der Waals surface area contributed by atoms with Gasteiger partial charge in [-0.1, -0.05) is 15.9 Å². The van der Waals surface area contributed by atoms with Gasteiger partial charge in [0.05, 0.1) is 12.2 Å². The van der Waals surface area contributed by atoms with Crippen molar-refractivity contribution in [3.05, 3.63) is 27.1 Å². The van der Waals surface area contributed by atoms with Crippen molar-refractivity contribution in [2.75, 3.05) is 11.9 Å². The van der Waals surface area contributed by atoms with Crippen LogP contribution in [0.25, 0.3) is 0 Å². The van der Waals surface area contributed by atoms with Crippen molar-refractivity contribution >= 4 is 49.4 Å². The fourth-order valence-electron chi connectivity index (χ4n) is 1.16. The molecule has 0 saturated carbocycles. The van der Waals surface area contributed by atoms with Gasteiger partial charge in [0.25, 0.3) is 0 Å². The van der Waals surface area contributed by atoms with Gasteiger partial charge < -0.3 is 10.4 Å². The molecule has 0 atom stereocenters. The van der Waals surface area contributed by atoms with E-state index in [2.05, 4.69) is 42.5 Å². The second-order valence-electron chi connectivity index (χ2n) is 4.46. The summed E-state index contributed by atoms with van der Waals surface area (Å²) in [4.78, 5) is 22.6. The summed E-state index contributed by atoms with van der Waals surface area (Å²) in [6.45, 7) is 2.91. The van der Waals surface area contributed by atoms with Crippen LogP contribution in [0.1, 0.15) is 13.8 Å². The number of rotatable bonds is 5. The molecule has 1 aromatic carbocycles. The Kier molecular flexibility index (Phi) is 5.51. The second-order valence-corrected chi connectivity index (χ2v) is 6.23. The molecule has 3 N–H and O–H groups in total. The van der Waals surface area contributed by atoms with Crippen molar-refractivity contribution in [1.29, 1.82) is 0 Å². The monoisotopic (exact) mass is 392 g/mol. The van der Waals surface area contributed by atoms with Crippen molar-refractivity contribution in [3.63, 3.8) is 0 Å². The van der Waals surface area contributed by atoms with Crippen LogP contribution < -0.4 is 10.6 Å². The van der Waals surface area contributed by atoms with Crippen LogP contribution in [0.4, 0.5) is 5.69 Å². The van der Waals surface area contributed by atoms with E-state index in [1.165, 1.54) is 13.8 Å². The third-order valence-electron chi connectivity index (χ3n) is 2.43. The largest absolute Gasteiger partial charge is 0.480 e. The Morgan fingerprint density at radius 1 is 1.32 bits per heavy atom. The summed E-state index contributed by atoms with van der Waals surface area (Å²) in [5, 5.41) is 14.3. The molecule has 1 aromatic rings. The second kappa shape index (κ2) is 6.49. The highest BCUT2D eigenvalue weighted by Crippen LogP contribution is 2.25. The first kappa shape index (κ1) is 16.1. The molecule has 7 heteroatoms. The van der Waals surface area contributed by atoms with Gasteiger partial charge in [0, 0.05) is 8.95 Å². The zero-order valence-electron chi connectivity index (χ0n) is 10.5. The van der Waals surface area contributed by atoms with E-state index in [4.69, 9.17) is 5.11 Å². The first-order chi connectivity index (χ1) is 8.72. The van der Waals surface area contributed by atoms with Crippen LogP contribution in [0, 0.1) is 0 Å². The Morgan fingerprint density at radius 3 is 2.47 bits per heavy atom. The van der Waals surface area contributed by atoms with E-state index in [1.807, 2.05) is 6.07 Å². The number of benzene rings is 1. The molecule has 0 aromatic heterocycles. The Morgan fingerprint density at radius 2 is 1.95 bits per heavy atom. The van der Waals surface area contributed by atoms with Gasteiger partial charge in [0.1, 0.15) is 5.54 Å². The highest BCUT2D eigenvalue weighted by atomic mass is 79.9. The summed E-state index contributed by atoms with van der Waals surface area (Å²) >= 11 is 6.65. The number of carboxylic acids is 1. The average Bonchev–Trinajstić information content (AvgIpc) is 2.30. The van der Waals surface area contributed by atoms with Gasteiger partial charge in [-0.3, -0.25) is 14.9 Å². The number of amides is 1. The minimum atomic E-state index is -1.14. The Bertz CT molecular complexity index is 504. The maximum absolute atomic E-state index is 11.7. The van der Waals surface area contributed by atoms with Crippen LogP contribution in [-0.2, 0) is 9.59 Å². The predicted octanol–water partition coefficient (Wildman–Crippen LogP) is 2.60. The Labute approximate surface area is 128 Å². The lowest BCUT2D eigenvalue weighted by Gasteiger charge is -2.20. The molecule has 0 radical (unpaired) electrons. The molecule has 0 aliphatic heterocycles. The summed E-state index contributed by atoms with van der Waals surface area (Å²) in [7, 11) is 0. The van der Waals surface area contributed by atoms with Gasteiger partial charge in [-0.2, -0.15) is 0 Å². The minimum absolute atomic E-state index is 0.0815. The molecule has 0 aliphatic carbocycles. The molecule has 0 fully saturated rings. The zero-order chi connectivity index (χ0) is 14.6. The van der Waals surface area contributed by atoms with Gasteiger partial charge in [-0.15, -0.1) is 0 Å². The van der Waals surface area contributed by atoms with E-state index in [-0.39, 0.29) is 12.5 Å². The fraction of sp³-hybridized carbons (Fsp3) is 0.333. The van der Waals surface area contributed by atoms with E-state index in [9.17, 15) is 9.59 Å². The standard InChI is InChI=1S/C12H14Br2N2O3/c1-12(2,11(18)19)15-6-10(17)16-9-4-3-7(13)5-8(9)14/h3-5,15H,6H2,1-2H3,(H,16,17)(H,18,19). The number of halogens is 2. The van der Waals surface area contributed by atoms with Crippen molar-refractivity contribution in [2.24, 2.45) is 0 Å². The third kappa shape index (κ3) is 4.93. The number of hydrogen-bond donors (Lipinski definition) is 3. The first-order valence-corrected chi connectivity index (χ1v) is 7.04. The molecule has 0 unspecified atom stereocenters. The van der Waals surface area contributed by atoms with Gasteiger partial charge in [0.15, 0.2) is 0 Å². The SMILES string of the molecule is CC(C)(NCC(=O)Nc1ccc(Br)cc1Br)C(=O)O. The molecule has 1 amide bonds. The molecule has 19 heavy (non-hydrogen) atoms. The number of carboxylic acid groups (broad SMARTS) is 1. The number of aliphatic carboxylic acids is 1. The van der Waals surface area contributed by atoms with Gasteiger partial charge in [-0.05, 0) is 48.0 Å². The molecule has 0 aliphatic rings. The molecule has 0 heterocycles. The highest BCUT2D eigenvalue weighted by molar-refractivity contribution is 9.11. The lowest BCUT2D eigenvalue weighted by molar-refractivity contribution is -0.143. The van der Waals surface area contributed by atoms with Crippen molar-refractivity contribution in [1.82, 2.24) is 5.32 Å². The predicted molar refractivity (Wildman–Crippen MR) is 80.2 cm³/mol. The maximum Gasteiger partial charge on any atom is 0.323 e. The van der Waals surface area contributed by atoms with Crippen LogP contribution in [0.3, 0.4) is 0 Å². The number of anilines is 1. The van der Waals surface area contributed by atoms with Gasteiger partial charge >= 0.3 is 5.97 Å². The van der Waals surface area contributed by atoms with E-state index in [0.29, 0.717) is 5.69 Å². The molecular weight excluding hydrogens is 380 g/mol. The number of carbonyl (C=O) groups is 2. The third-order valence-corrected chi connectivity index (χ3v) is 3.58. The maximum atomic E-state index is 11.7. The topological polar surface area (TPSA) is 78.4 Å². The summed E-state index contributed by atoms with van der Waals surface area (Å²) in [5.74, 6) is -1.32. The summed E-state index contributed by atoms with van der Waals surface area (Å²) in [6.07, 6.45) is 0. The fourth-order valence-corrected chi connectivity index (χ4v) is 2.31. The average molecular weight is 394 g/mol. The first-order valence-electron chi connectivity index (χ1n) is 5.45. The highest BCUT2D eigenvalue weighted by Gasteiger charge is 2.26. The van der Waals surface area contributed by atoms with Crippen LogP contribution >= 0.6 is 31.9 Å². The molecule has 5 nitrogen and oxygen atoms in total. The molecule has 104 valence electrons. The van der Waals surface area contributed by atoms with Crippen LogP contribution in [0.5, 0.6) is 0 Å². The van der Waals surface area contributed by atoms with Crippen LogP contribution in [0.15, 0.2) is 27.1 Å². The van der Waals surface area contributed by atoms with Crippen molar-refractivity contribution in [3.8, 4) is 0 Å². The number of nitrogens with one attached hydrogen (secondary N) is 2. The Hall–Kier alpha value is -0.920. The summed E-state index contributed by atoms with van der Waals surface area (Å²) < 4.78 is 1.63. The lowest BCUT2D eigenvalue weighted by atomic mass is 10.1. The quantitative estimate of drug-likeness (QED) is 0.718.